The Morgan fingerprint density at radius 2 is 1.83 bits per heavy atom. The van der Waals surface area contributed by atoms with E-state index in [2.05, 4.69) is 4.90 Å². The molecule has 0 radical (unpaired) electrons. The van der Waals surface area contributed by atoms with Gasteiger partial charge in [0, 0.05) is 18.4 Å². The van der Waals surface area contributed by atoms with Gasteiger partial charge >= 0.3 is 0 Å². The van der Waals surface area contributed by atoms with Crippen molar-refractivity contribution < 1.29 is 13.9 Å². The zero-order valence-corrected chi connectivity index (χ0v) is 11.5. The summed E-state index contributed by atoms with van der Waals surface area (Å²) in [6.07, 6.45) is 4.85. The first kappa shape index (κ1) is 14.2. The van der Waals surface area contributed by atoms with Gasteiger partial charge < -0.3 is 10.0 Å². The molecule has 0 aromatic heterocycles. The molecule has 0 aromatic carbocycles. The predicted molar refractivity (Wildman–Crippen MR) is 67.8 cm³/mol. The van der Waals surface area contributed by atoms with Crippen LogP contribution in [0, 0.1) is 5.92 Å². The third kappa shape index (κ3) is 2.69. The molecule has 106 valence electrons. The van der Waals surface area contributed by atoms with Crippen LogP contribution >= 0.6 is 0 Å². The van der Waals surface area contributed by atoms with Crippen molar-refractivity contribution in [2.45, 2.75) is 68.9 Å². The highest BCUT2D eigenvalue weighted by molar-refractivity contribution is 4.99. The van der Waals surface area contributed by atoms with E-state index in [1.807, 2.05) is 14.1 Å². The standard InChI is InChI=1S/C14H25F2NO/c1-17(2)13(6-3-4-7-13)12(18)9-11-5-8-14(15,16)10-11/h11-12,18H,3-10H2,1-2H3. The first-order chi connectivity index (χ1) is 8.36. The number of aliphatic hydroxyl groups excluding tert-OH is 1. The zero-order valence-electron chi connectivity index (χ0n) is 11.5. The lowest BCUT2D eigenvalue weighted by molar-refractivity contribution is -0.0251. The second-order valence-corrected chi connectivity index (χ2v) is 6.42. The monoisotopic (exact) mass is 261 g/mol. The van der Waals surface area contributed by atoms with Gasteiger partial charge in [0.2, 0.25) is 5.92 Å². The van der Waals surface area contributed by atoms with Gasteiger partial charge in [-0.15, -0.1) is 0 Å². The van der Waals surface area contributed by atoms with Crippen molar-refractivity contribution in [2.75, 3.05) is 14.1 Å². The minimum atomic E-state index is -2.49. The van der Waals surface area contributed by atoms with E-state index in [0.29, 0.717) is 12.8 Å². The molecule has 2 atom stereocenters. The maximum atomic E-state index is 13.2. The molecule has 2 aliphatic carbocycles. The molecular formula is C14H25F2NO. The Bertz CT molecular complexity index is 288. The molecule has 2 rings (SSSR count). The van der Waals surface area contributed by atoms with Crippen molar-refractivity contribution in [3.8, 4) is 0 Å². The Labute approximate surface area is 108 Å². The molecule has 0 spiro atoms. The molecule has 2 aliphatic rings. The summed E-state index contributed by atoms with van der Waals surface area (Å²) < 4.78 is 26.4. The maximum Gasteiger partial charge on any atom is 0.248 e. The average molecular weight is 261 g/mol. The number of aliphatic hydroxyl groups is 1. The lowest BCUT2D eigenvalue weighted by Crippen LogP contribution is -2.52. The molecule has 2 fully saturated rings. The van der Waals surface area contributed by atoms with E-state index in [1.54, 1.807) is 0 Å². The van der Waals surface area contributed by atoms with E-state index >= 15 is 0 Å². The van der Waals surface area contributed by atoms with Crippen LogP contribution in [-0.4, -0.2) is 41.7 Å². The van der Waals surface area contributed by atoms with Crippen molar-refractivity contribution >= 4 is 0 Å². The molecule has 0 heterocycles. The molecule has 2 nitrogen and oxygen atoms in total. The van der Waals surface area contributed by atoms with Crippen molar-refractivity contribution in [2.24, 2.45) is 5.92 Å². The van der Waals surface area contributed by atoms with Crippen LogP contribution in [0.2, 0.25) is 0 Å². The van der Waals surface area contributed by atoms with Crippen molar-refractivity contribution in [1.29, 1.82) is 0 Å². The summed E-state index contributed by atoms with van der Waals surface area (Å²) >= 11 is 0. The Balaban J connectivity index is 1.96. The summed E-state index contributed by atoms with van der Waals surface area (Å²) in [5.74, 6) is -2.50. The minimum Gasteiger partial charge on any atom is -0.391 e. The molecule has 0 amide bonds. The van der Waals surface area contributed by atoms with Gasteiger partial charge in [0.25, 0.3) is 0 Å². The quantitative estimate of drug-likeness (QED) is 0.840. The second-order valence-electron chi connectivity index (χ2n) is 6.42. The molecule has 2 saturated carbocycles. The number of hydrogen-bond acceptors (Lipinski definition) is 2. The number of halogens is 2. The van der Waals surface area contributed by atoms with Crippen LogP contribution < -0.4 is 0 Å². The number of alkyl halides is 2. The molecule has 0 bridgehead atoms. The Morgan fingerprint density at radius 3 is 2.28 bits per heavy atom. The fourth-order valence-corrected chi connectivity index (χ4v) is 3.84. The minimum absolute atomic E-state index is 0.000644. The summed E-state index contributed by atoms with van der Waals surface area (Å²) in [5.41, 5.74) is -0.169. The fraction of sp³-hybridized carbons (Fsp3) is 1.00. The van der Waals surface area contributed by atoms with E-state index < -0.39 is 12.0 Å². The van der Waals surface area contributed by atoms with E-state index in [4.69, 9.17) is 0 Å². The summed E-state index contributed by atoms with van der Waals surface area (Å²) in [4.78, 5) is 2.11. The van der Waals surface area contributed by atoms with Crippen LogP contribution in [0.15, 0.2) is 0 Å². The van der Waals surface area contributed by atoms with E-state index in [-0.39, 0.29) is 24.3 Å². The second kappa shape index (κ2) is 5.04. The van der Waals surface area contributed by atoms with Gasteiger partial charge in [0.1, 0.15) is 0 Å². The SMILES string of the molecule is CN(C)C1(C(O)CC2CCC(F)(F)C2)CCCC1. The fourth-order valence-electron chi connectivity index (χ4n) is 3.84. The van der Waals surface area contributed by atoms with Crippen molar-refractivity contribution in [3.05, 3.63) is 0 Å². The number of nitrogens with zero attached hydrogens (tertiary/aromatic N) is 1. The zero-order chi connectivity index (χ0) is 13.4. The normalized spacial score (nSPS) is 32.0. The molecule has 18 heavy (non-hydrogen) atoms. The first-order valence-corrected chi connectivity index (χ1v) is 7.09. The molecular weight excluding hydrogens is 236 g/mol. The summed E-state index contributed by atoms with van der Waals surface area (Å²) in [6.45, 7) is 0. The molecule has 1 N–H and O–H groups in total. The molecule has 0 aromatic rings. The van der Waals surface area contributed by atoms with Gasteiger partial charge in [0.15, 0.2) is 0 Å². The van der Waals surface area contributed by atoms with Gasteiger partial charge in [-0.1, -0.05) is 12.8 Å². The van der Waals surface area contributed by atoms with Gasteiger partial charge in [-0.05, 0) is 45.7 Å². The van der Waals surface area contributed by atoms with Gasteiger partial charge in [-0.3, -0.25) is 0 Å². The lowest BCUT2D eigenvalue weighted by Gasteiger charge is -2.41. The third-order valence-electron chi connectivity index (χ3n) is 5.04. The van der Waals surface area contributed by atoms with Gasteiger partial charge in [-0.2, -0.15) is 0 Å². The van der Waals surface area contributed by atoms with E-state index in [1.165, 1.54) is 0 Å². The molecule has 4 heteroatoms. The summed E-state index contributed by atoms with van der Waals surface area (Å²) in [7, 11) is 4.00. The predicted octanol–water partition coefficient (Wildman–Crippen LogP) is 3.05. The Morgan fingerprint density at radius 1 is 1.22 bits per heavy atom. The third-order valence-corrected chi connectivity index (χ3v) is 5.04. The van der Waals surface area contributed by atoms with Crippen LogP contribution in [0.5, 0.6) is 0 Å². The smallest absolute Gasteiger partial charge is 0.248 e. The highest BCUT2D eigenvalue weighted by atomic mass is 19.3. The van der Waals surface area contributed by atoms with Crippen LogP contribution in [0.4, 0.5) is 8.78 Å². The highest BCUT2D eigenvalue weighted by Gasteiger charge is 2.46. The first-order valence-electron chi connectivity index (χ1n) is 7.09. The highest BCUT2D eigenvalue weighted by Crippen LogP contribution is 2.44. The van der Waals surface area contributed by atoms with Gasteiger partial charge in [0.05, 0.1) is 6.10 Å². The van der Waals surface area contributed by atoms with E-state index in [9.17, 15) is 13.9 Å². The van der Waals surface area contributed by atoms with Gasteiger partial charge in [-0.25, -0.2) is 8.78 Å². The van der Waals surface area contributed by atoms with Crippen LogP contribution in [-0.2, 0) is 0 Å². The van der Waals surface area contributed by atoms with Crippen molar-refractivity contribution in [3.63, 3.8) is 0 Å². The Kier molecular flexibility index (Phi) is 3.98. The topological polar surface area (TPSA) is 23.5 Å². The number of likely N-dealkylation sites (N-methyl/N-ethyl adjacent to an activating group) is 1. The van der Waals surface area contributed by atoms with Crippen LogP contribution in [0.25, 0.3) is 0 Å². The van der Waals surface area contributed by atoms with Crippen molar-refractivity contribution in [1.82, 2.24) is 4.90 Å². The average Bonchev–Trinajstić information content (AvgIpc) is 2.85. The number of hydrogen-bond donors (Lipinski definition) is 1. The van der Waals surface area contributed by atoms with E-state index in [0.717, 1.165) is 25.7 Å². The molecule has 2 unspecified atom stereocenters. The Hall–Kier alpha value is -0.220. The number of rotatable bonds is 4. The molecule has 0 saturated heterocycles. The summed E-state index contributed by atoms with van der Waals surface area (Å²) in [5, 5.41) is 10.5. The maximum absolute atomic E-state index is 13.2. The largest absolute Gasteiger partial charge is 0.391 e. The summed E-state index contributed by atoms with van der Waals surface area (Å²) in [6, 6.07) is 0. The van der Waals surface area contributed by atoms with Crippen LogP contribution in [0.3, 0.4) is 0 Å². The van der Waals surface area contributed by atoms with Crippen LogP contribution in [0.1, 0.15) is 51.4 Å². The lowest BCUT2D eigenvalue weighted by atomic mass is 9.83. The molecule has 0 aliphatic heterocycles.